The third-order valence-corrected chi connectivity index (χ3v) is 6.79. The van der Waals surface area contributed by atoms with Gasteiger partial charge >= 0.3 is 5.69 Å². The van der Waals surface area contributed by atoms with Crippen LogP contribution in [-0.4, -0.2) is 30.2 Å². The number of nitrogens with zero attached hydrogens (tertiary/aromatic N) is 4. The Morgan fingerprint density at radius 3 is 2.50 bits per heavy atom. The number of anilines is 1. The van der Waals surface area contributed by atoms with Crippen molar-refractivity contribution in [3.8, 4) is 0 Å². The molecule has 0 spiro atoms. The predicted octanol–water partition coefficient (Wildman–Crippen LogP) is 3.92. The minimum absolute atomic E-state index is 0.220. The fraction of sp³-hybridized carbons (Fsp3) is 0.208. The van der Waals surface area contributed by atoms with Gasteiger partial charge in [0.15, 0.2) is 11.2 Å². The van der Waals surface area contributed by atoms with Crippen molar-refractivity contribution in [1.82, 2.24) is 23.7 Å². The Morgan fingerprint density at radius 2 is 1.74 bits per heavy atom. The van der Waals surface area contributed by atoms with Crippen molar-refractivity contribution >= 4 is 51.2 Å². The minimum atomic E-state index is -0.441. The lowest BCUT2D eigenvalue weighted by Gasteiger charge is -2.13. The van der Waals surface area contributed by atoms with Crippen molar-refractivity contribution in [1.29, 1.82) is 0 Å². The van der Waals surface area contributed by atoms with Crippen LogP contribution in [0.1, 0.15) is 11.1 Å². The zero-order valence-corrected chi connectivity index (χ0v) is 20.1. The highest BCUT2D eigenvalue weighted by Gasteiger charge is 2.21. The molecule has 0 atom stereocenters. The summed E-state index contributed by atoms with van der Waals surface area (Å²) in [5.41, 5.74) is 2.64. The second-order valence-corrected chi connectivity index (χ2v) is 8.95. The molecule has 3 heterocycles. The summed E-state index contributed by atoms with van der Waals surface area (Å²) in [5, 5.41) is 5.48. The average Bonchev–Trinajstić information content (AvgIpc) is 3.40. The molecule has 10 heteroatoms. The number of hydrogen-bond donors (Lipinski definition) is 2. The summed E-state index contributed by atoms with van der Waals surface area (Å²) >= 11 is 12.8. The number of nitrogens with one attached hydrogen (secondary N) is 2. The number of aromatic amines is 1. The Hall–Kier alpha value is -3.49. The van der Waals surface area contributed by atoms with Crippen LogP contribution in [0.25, 0.3) is 22.1 Å². The molecule has 0 saturated carbocycles. The third kappa shape index (κ3) is 3.69. The van der Waals surface area contributed by atoms with E-state index in [1.54, 1.807) is 29.8 Å². The van der Waals surface area contributed by atoms with Crippen LogP contribution in [-0.2, 0) is 27.1 Å². The van der Waals surface area contributed by atoms with Crippen LogP contribution in [0.4, 0.5) is 5.95 Å². The number of aromatic nitrogens is 5. The lowest BCUT2D eigenvalue weighted by Crippen LogP contribution is -2.37. The van der Waals surface area contributed by atoms with E-state index < -0.39 is 11.2 Å². The predicted molar refractivity (Wildman–Crippen MR) is 136 cm³/mol. The first-order chi connectivity index (χ1) is 16.4. The van der Waals surface area contributed by atoms with Crippen molar-refractivity contribution in [2.45, 2.75) is 13.0 Å². The summed E-state index contributed by atoms with van der Waals surface area (Å²) in [6.07, 6.45) is 2.73. The fourth-order valence-electron chi connectivity index (χ4n) is 4.22. The van der Waals surface area contributed by atoms with Gasteiger partial charge in [-0.25, -0.2) is 4.79 Å². The first-order valence-corrected chi connectivity index (χ1v) is 11.5. The minimum Gasteiger partial charge on any atom is -0.361 e. The molecule has 2 N–H and O–H groups in total. The SMILES string of the molecule is Cn1c(=O)c2c(nc(NCCc3c[nH]c4ccccc34)n2Cc2c(Cl)cccc2Cl)n(C)c1=O. The molecule has 34 heavy (non-hydrogen) atoms. The lowest BCUT2D eigenvalue weighted by atomic mass is 10.1. The van der Waals surface area contributed by atoms with E-state index >= 15 is 0 Å². The number of para-hydroxylation sites is 1. The summed E-state index contributed by atoms with van der Waals surface area (Å²) in [6.45, 7) is 0.785. The van der Waals surface area contributed by atoms with Gasteiger partial charge in [-0.2, -0.15) is 4.98 Å². The Balaban J connectivity index is 1.57. The first kappa shape index (κ1) is 22.3. The number of fused-ring (bicyclic) bond motifs is 2. The van der Waals surface area contributed by atoms with E-state index in [1.807, 2.05) is 24.4 Å². The van der Waals surface area contributed by atoms with Crippen LogP contribution in [0.5, 0.6) is 0 Å². The quantitative estimate of drug-likeness (QED) is 0.372. The zero-order valence-electron chi connectivity index (χ0n) is 18.6. The zero-order chi connectivity index (χ0) is 24.0. The molecule has 5 aromatic rings. The molecule has 2 aromatic carbocycles. The maximum Gasteiger partial charge on any atom is 0.332 e. The number of imidazole rings is 1. The molecule has 0 fully saturated rings. The summed E-state index contributed by atoms with van der Waals surface area (Å²) in [6, 6.07) is 13.4. The molecule has 174 valence electrons. The van der Waals surface area contributed by atoms with Gasteiger partial charge in [0.05, 0.1) is 6.54 Å². The van der Waals surface area contributed by atoms with E-state index in [1.165, 1.54) is 17.2 Å². The maximum atomic E-state index is 13.1. The molecular formula is C24H22Cl2N6O2. The molecule has 0 unspecified atom stereocenters. The molecule has 0 aliphatic rings. The van der Waals surface area contributed by atoms with Gasteiger partial charge in [0.2, 0.25) is 5.95 Å². The maximum absolute atomic E-state index is 13.1. The number of H-pyrrole nitrogens is 1. The van der Waals surface area contributed by atoms with E-state index in [0.29, 0.717) is 39.3 Å². The number of halogens is 2. The lowest BCUT2D eigenvalue weighted by molar-refractivity contribution is 0.702. The highest BCUT2D eigenvalue weighted by atomic mass is 35.5. The monoisotopic (exact) mass is 496 g/mol. The van der Waals surface area contributed by atoms with Crippen LogP contribution in [0.3, 0.4) is 0 Å². The smallest absolute Gasteiger partial charge is 0.332 e. The van der Waals surface area contributed by atoms with Crippen LogP contribution in [0.15, 0.2) is 58.3 Å². The van der Waals surface area contributed by atoms with Crippen LogP contribution >= 0.6 is 23.2 Å². The first-order valence-electron chi connectivity index (χ1n) is 10.7. The molecule has 0 saturated heterocycles. The Labute approximate surface area is 204 Å². The van der Waals surface area contributed by atoms with E-state index in [4.69, 9.17) is 23.2 Å². The van der Waals surface area contributed by atoms with Crippen molar-refractivity contribution in [2.24, 2.45) is 14.1 Å². The normalized spacial score (nSPS) is 11.5. The van der Waals surface area contributed by atoms with Gasteiger partial charge in [-0.3, -0.25) is 18.5 Å². The average molecular weight is 497 g/mol. The van der Waals surface area contributed by atoms with Crippen molar-refractivity contribution in [2.75, 3.05) is 11.9 Å². The Morgan fingerprint density at radius 1 is 1.00 bits per heavy atom. The van der Waals surface area contributed by atoms with Gasteiger partial charge in [-0.1, -0.05) is 47.5 Å². The van der Waals surface area contributed by atoms with Gasteiger partial charge in [0.1, 0.15) is 0 Å². The molecular weight excluding hydrogens is 475 g/mol. The summed E-state index contributed by atoms with van der Waals surface area (Å²) in [7, 11) is 3.05. The number of benzene rings is 2. The highest BCUT2D eigenvalue weighted by molar-refractivity contribution is 6.36. The topological polar surface area (TPSA) is 89.6 Å². The summed E-state index contributed by atoms with van der Waals surface area (Å²) in [4.78, 5) is 33.5. The third-order valence-electron chi connectivity index (χ3n) is 6.08. The van der Waals surface area contributed by atoms with E-state index in [0.717, 1.165) is 21.9 Å². The van der Waals surface area contributed by atoms with Crippen molar-refractivity contribution in [3.63, 3.8) is 0 Å². The van der Waals surface area contributed by atoms with Gasteiger partial charge in [0.25, 0.3) is 5.56 Å². The molecule has 5 rings (SSSR count). The Kier molecular flexibility index (Phi) is 5.71. The molecule has 0 radical (unpaired) electrons. The number of rotatable bonds is 6. The molecule has 0 bridgehead atoms. The summed E-state index contributed by atoms with van der Waals surface area (Å²) in [5.74, 6) is 0.462. The second kappa shape index (κ2) is 8.70. The van der Waals surface area contributed by atoms with Crippen LogP contribution in [0.2, 0.25) is 10.0 Å². The van der Waals surface area contributed by atoms with Gasteiger partial charge in [0, 0.05) is 53.3 Å². The van der Waals surface area contributed by atoms with Crippen molar-refractivity contribution < 1.29 is 0 Å². The van der Waals surface area contributed by atoms with Crippen LogP contribution < -0.4 is 16.6 Å². The van der Waals surface area contributed by atoms with Crippen molar-refractivity contribution in [3.05, 3.63) is 90.7 Å². The van der Waals surface area contributed by atoms with E-state index in [-0.39, 0.29) is 6.54 Å². The van der Waals surface area contributed by atoms with Gasteiger partial charge in [-0.15, -0.1) is 0 Å². The number of aryl methyl sites for hydroxylation is 1. The molecule has 8 nitrogen and oxygen atoms in total. The Bertz CT molecular complexity index is 1640. The molecule has 0 aliphatic heterocycles. The van der Waals surface area contributed by atoms with Gasteiger partial charge in [-0.05, 0) is 30.2 Å². The molecule has 0 amide bonds. The van der Waals surface area contributed by atoms with E-state index in [9.17, 15) is 9.59 Å². The fourth-order valence-corrected chi connectivity index (χ4v) is 4.74. The standard InChI is InChI=1S/C24H22Cl2N6O2/c1-30-21-20(22(33)31(2)24(30)34)32(13-16-17(25)7-5-8-18(16)26)23(29-21)27-11-10-14-12-28-19-9-4-3-6-15(14)19/h3-9,12,28H,10-11,13H2,1-2H3,(H,27,29). The van der Waals surface area contributed by atoms with Gasteiger partial charge < -0.3 is 10.3 Å². The summed E-state index contributed by atoms with van der Waals surface area (Å²) < 4.78 is 4.18. The molecule has 3 aromatic heterocycles. The van der Waals surface area contributed by atoms with E-state index in [2.05, 4.69) is 21.4 Å². The number of hydrogen-bond acceptors (Lipinski definition) is 4. The largest absolute Gasteiger partial charge is 0.361 e. The second-order valence-electron chi connectivity index (χ2n) is 8.14. The highest BCUT2D eigenvalue weighted by Crippen LogP contribution is 2.28. The van der Waals surface area contributed by atoms with Crippen LogP contribution in [0, 0.1) is 0 Å². The molecule has 0 aliphatic carbocycles.